The van der Waals surface area contributed by atoms with Gasteiger partial charge in [0.05, 0.1) is 12.2 Å². The van der Waals surface area contributed by atoms with E-state index in [4.69, 9.17) is 0 Å². The van der Waals surface area contributed by atoms with Gasteiger partial charge in [-0.1, -0.05) is 19.4 Å². The van der Waals surface area contributed by atoms with Crippen LogP contribution in [0.25, 0.3) is 0 Å². The lowest BCUT2D eigenvalue weighted by molar-refractivity contribution is -0.135. The van der Waals surface area contributed by atoms with Crippen molar-refractivity contribution in [1.82, 2.24) is 10.2 Å². The summed E-state index contributed by atoms with van der Waals surface area (Å²) in [5, 5.41) is 4.63. The summed E-state index contributed by atoms with van der Waals surface area (Å²) < 4.78 is 27.9. The lowest BCUT2D eigenvalue weighted by atomic mass is 9.75. The summed E-state index contributed by atoms with van der Waals surface area (Å²) in [6, 6.07) is 5.96. The minimum Gasteiger partial charge on any atom is -0.323 e. The van der Waals surface area contributed by atoms with Gasteiger partial charge in [0.2, 0.25) is 5.91 Å². The molecule has 1 aliphatic carbocycles. The van der Waals surface area contributed by atoms with Crippen LogP contribution in [0.1, 0.15) is 43.9 Å². The van der Waals surface area contributed by atoms with Gasteiger partial charge in [-0.05, 0) is 55.2 Å². The third kappa shape index (κ3) is 4.26. The molecule has 0 atom stereocenters. The number of amides is 4. The van der Waals surface area contributed by atoms with E-state index in [2.05, 4.69) is 12.2 Å². The van der Waals surface area contributed by atoms with Crippen LogP contribution in [0.3, 0.4) is 0 Å². The fourth-order valence-electron chi connectivity index (χ4n) is 4.52. The third-order valence-corrected chi connectivity index (χ3v) is 7.33. The van der Waals surface area contributed by atoms with Crippen molar-refractivity contribution in [2.75, 3.05) is 11.4 Å². The molecule has 2 aromatic rings. The van der Waals surface area contributed by atoms with Crippen LogP contribution in [0.15, 0.2) is 35.7 Å². The molecule has 170 valence electrons. The topological polar surface area (TPSA) is 69.7 Å². The molecule has 1 saturated carbocycles. The smallest absolute Gasteiger partial charge is 0.323 e. The van der Waals surface area contributed by atoms with Crippen LogP contribution in [0, 0.1) is 17.6 Å². The van der Waals surface area contributed by atoms with Crippen molar-refractivity contribution >= 4 is 34.9 Å². The standard InChI is InChI=1S/C23H25F2N3O3S/c1-2-15-7-9-23(10-8-15)21(30)28(22(31)26-23)14-20(29)27(13-17-4-3-11-32-17)19-6-5-16(24)12-18(19)25/h3-6,11-12,15H,2,7-10,13-14H2,1H3,(H,26,31). The number of halogens is 2. The second-order valence-corrected chi connectivity index (χ2v) is 9.44. The van der Waals surface area contributed by atoms with E-state index in [9.17, 15) is 23.2 Å². The van der Waals surface area contributed by atoms with E-state index in [1.807, 2.05) is 5.38 Å². The first-order valence-electron chi connectivity index (χ1n) is 10.7. The largest absolute Gasteiger partial charge is 0.325 e. The molecule has 2 aliphatic rings. The number of hydrogen-bond acceptors (Lipinski definition) is 4. The van der Waals surface area contributed by atoms with Crippen LogP contribution in [0.4, 0.5) is 19.3 Å². The number of thiophene rings is 1. The van der Waals surface area contributed by atoms with Crippen LogP contribution in [-0.2, 0) is 16.1 Å². The maximum absolute atomic E-state index is 14.5. The van der Waals surface area contributed by atoms with E-state index in [1.54, 1.807) is 12.1 Å². The second kappa shape index (κ2) is 8.97. The number of carbonyl (C=O) groups is 3. The summed E-state index contributed by atoms with van der Waals surface area (Å²) in [7, 11) is 0. The number of imide groups is 1. The Morgan fingerprint density at radius 1 is 1.25 bits per heavy atom. The number of hydrogen-bond donors (Lipinski definition) is 1. The van der Waals surface area contributed by atoms with Crippen molar-refractivity contribution in [2.24, 2.45) is 5.92 Å². The number of rotatable bonds is 6. The molecule has 1 spiro atoms. The molecule has 2 fully saturated rings. The molecule has 2 heterocycles. The summed E-state index contributed by atoms with van der Waals surface area (Å²) in [4.78, 5) is 41.9. The quantitative estimate of drug-likeness (QED) is 0.646. The van der Waals surface area contributed by atoms with E-state index in [0.29, 0.717) is 24.8 Å². The molecule has 0 unspecified atom stereocenters. The van der Waals surface area contributed by atoms with Gasteiger partial charge in [-0.3, -0.25) is 14.5 Å². The zero-order chi connectivity index (χ0) is 22.9. The maximum atomic E-state index is 14.5. The minimum absolute atomic E-state index is 0.0476. The molecule has 1 aromatic heterocycles. The van der Waals surface area contributed by atoms with Gasteiger partial charge in [0, 0.05) is 10.9 Å². The molecular weight excluding hydrogens is 436 g/mol. The summed E-state index contributed by atoms with van der Waals surface area (Å²) in [6.45, 7) is 1.65. The van der Waals surface area contributed by atoms with Crippen molar-refractivity contribution in [3.63, 3.8) is 0 Å². The highest BCUT2D eigenvalue weighted by Crippen LogP contribution is 2.37. The van der Waals surface area contributed by atoms with Crippen molar-refractivity contribution in [1.29, 1.82) is 0 Å². The second-order valence-electron chi connectivity index (χ2n) is 8.41. The van der Waals surface area contributed by atoms with Crippen LogP contribution in [0.5, 0.6) is 0 Å². The zero-order valence-electron chi connectivity index (χ0n) is 17.8. The van der Waals surface area contributed by atoms with E-state index >= 15 is 0 Å². The minimum atomic E-state index is -0.956. The van der Waals surface area contributed by atoms with E-state index in [-0.39, 0.29) is 12.2 Å². The Labute approximate surface area is 189 Å². The average Bonchev–Trinajstić information content (AvgIpc) is 3.36. The highest BCUT2D eigenvalue weighted by molar-refractivity contribution is 7.09. The van der Waals surface area contributed by atoms with Gasteiger partial charge in [-0.25, -0.2) is 13.6 Å². The summed E-state index contributed by atoms with van der Waals surface area (Å²) in [5.74, 6) is -2.13. The van der Waals surface area contributed by atoms with Gasteiger partial charge in [0.1, 0.15) is 23.7 Å². The van der Waals surface area contributed by atoms with E-state index in [0.717, 1.165) is 40.0 Å². The Morgan fingerprint density at radius 2 is 2.00 bits per heavy atom. The first-order valence-corrected chi connectivity index (χ1v) is 11.6. The molecule has 1 N–H and O–H groups in total. The summed E-state index contributed by atoms with van der Waals surface area (Å²) >= 11 is 1.39. The van der Waals surface area contributed by atoms with E-state index < -0.39 is 41.6 Å². The van der Waals surface area contributed by atoms with Crippen LogP contribution < -0.4 is 10.2 Å². The van der Waals surface area contributed by atoms with Crippen LogP contribution in [-0.4, -0.2) is 34.8 Å². The average molecular weight is 462 g/mol. The number of nitrogens with zero attached hydrogens (tertiary/aromatic N) is 2. The molecule has 0 bridgehead atoms. The van der Waals surface area contributed by atoms with Gasteiger partial charge >= 0.3 is 6.03 Å². The molecule has 1 aromatic carbocycles. The van der Waals surface area contributed by atoms with Crippen LogP contribution >= 0.6 is 11.3 Å². The maximum Gasteiger partial charge on any atom is 0.325 e. The fraction of sp³-hybridized carbons (Fsp3) is 0.435. The molecular formula is C23H25F2N3O3S. The number of carbonyl (C=O) groups excluding carboxylic acids is 3. The van der Waals surface area contributed by atoms with Crippen molar-refractivity contribution in [3.05, 3.63) is 52.2 Å². The molecule has 1 aliphatic heterocycles. The molecule has 9 heteroatoms. The Kier molecular flexibility index (Phi) is 6.28. The van der Waals surface area contributed by atoms with Gasteiger partial charge in [-0.15, -0.1) is 11.3 Å². The lowest BCUT2D eigenvalue weighted by Crippen LogP contribution is -2.50. The molecule has 4 amide bonds. The van der Waals surface area contributed by atoms with E-state index in [1.165, 1.54) is 17.4 Å². The lowest BCUT2D eigenvalue weighted by Gasteiger charge is -2.34. The number of nitrogens with one attached hydrogen (secondary N) is 1. The van der Waals surface area contributed by atoms with Gasteiger partial charge in [0.15, 0.2) is 0 Å². The highest BCUT2D eigenvalue weighted by Gasteiger charge is 2.52. The Hall–Kier alpha value is -2.81. The molecule has 0 radical (unpaired) electrons. The van der Waals surface area contributed by atoms with Crippen molar-refractivity contribution in [3.8, 4) is 0 Å². The fourth-order valence-corrected chi connectivity index (χ4v) is 5.22. The van der Waals surface area contributed by atoms with Crippen LogP contribution in [0.2, 0.25) is 0 Å². The molecule has 6 nitrogen and oxygen atoms in total. The highest BCUT2D eigenvalue weighted by atomic mass is 32.1. The number of benzene rings is 1. The molecule has 1 saturated heterocycles. The molecule has 4 rings (SSSR count). The normalized spacial score (nSPS) is 23.0. The predicted octanol–water partition coefficient (Wildman–Crippen LogP) is 4.45. The first kappa shape index (κ1) is 22.4. The van der Waals surface area contributed by atoms with Gasteiger partial charge in [-0.2, -0.15) is 0 Å². The summed E-state index contributed by atoms with van der Waals surface area (Å²) in [5.41, 5.74) is -1.06. The third-order valence-electron chi connectivity index (χ3n) is 6.47. The first-order chi connectivity index (χ1) is 15.3. The Balaban J connectivity index is 1.55. The van der Waals surface area contributed by atoms with Crippen molar-refractivity contribution in [2.45, 2.75) is 51.1 Å². The van der Waals surface area contributed by atoms with Crippen molar-refractivity contribution < 1.29 is 23.2 Å². The Morgan fingerprint density at radius 3 is 2.62 bits per heavy atom. The predicted molar refractivity (Wildman–Crippen MR) is 117 cm³/mol. The van der Waals surface area contributed by atoms with Gasteiger partial charge < -0.3 is 10.2 Å². The van der Waals surface area contributed by atoms with Gasteiger partial charge in [0.25, 0.3) is 5.91 Å². The number of urea groups is 1. The molecule has 32 heavy (non-hydrogen) atoms. The Bertz CT molecular complexity index is 1020. The number of anilines is 1. The summed E-state index contributed by atoms with van der Waals surface area (Å²) in [6.07, 6.45) is 3.81. The zero-order valence-corrected chi connectivity index (χ0v) is 18.6. The monoisotopic (exact) mass is 461 g/mol. The SMILES string of the molecule is CCC1CCC2(CC1)NC(=O)N(CC(=O)N(Cc1cccs1)c1ccc(F)cc1F)C2=O.